The smallest absolute Gasteiger partial charge is 0.250 e. The van der Waals surface area contributed by atoms with E-state index in [2.05, 4.69) is 10.6 Å². The van der Waals surface area contributed by atoms with Crippen LogP contribution >= 0.6 is 47.0 Å². The van der Waals surface area contributed by atoms with Crippen LogP contribution in [0.15, 0.2) is 59.0 Å². The van der Waals surface area contributed by atoms with Gasteiger partial charge in [0.05, 0.1) is 10.7 Å². The molecule has 0 saturated heterocycles. The molecule has 9 heteroatoms. The van der Waals surface area contributed by atoms with Crippen molar-refractivity contribution in [1.29, 1.82) is 0 Å². The maximum atomic E-state index is 12.1. The second-order valence-corrected chi connectivity index (χ2v) is 7.46. The summed E-state index contributed by atoms with van der Waals surface area (Å²) in [5.74, 6) is 0.420. The van der Waals surface area contributed by atoms with Gasteiger partial charge in [-0.2, -0.15) is 0 Å². The van der Waals surface area contributed by atoms with Gasteiger partial charge in [-0.3, -0.25) is 10.1 Å². The second kappa shape index (κ2) is 9.33. The predicted octanol–water partition coefficient (Wildman–Crippen LogP) is 6.14. The molecule has 0 unspecified atom stereocenters. The predicted molar refractivity (Wildman–Crippen MR) is 121 cm³/mol. The number of furan rings is 1. The normalized spacial score (nSPS) is 10.9. The molecule has 2 aromatic carbocycles. The van der Waals surface area contributed by atoms with Crippen molar-refractivity contribution in [3.05, 3.63) is 75.4 Å². The molecule has 0 spiro atoms. The number of benzene rings is 2. The summed E-state index contributed by atoms with van der Waals surface area (Å²) in [6.45, 7) is 0. The Hall–Kier alpha value is -2.51. The minimum Gasteiger partial charge on any atom is -0.504 e. The van der Waals surface area contributed by atoms with Gasteiger partial charge in [0.1, 0.15) is 11.5 Å². The number of amides is 1. The number of carbonyl (C=O) groups is 1. The lowest BCUT2D eigenvalue weighted by molar-refractivity contribution is -0.115. The van der Waals surface area contributed by atoms with Crippen molar-refractivity contribution in [1.82, 2.24) is 5.32 Å². The van der Waals surface area contributed by atoms with Gasteiger partial charge in [0.2, 0.25) is 5.91 Å². The highest BCUT2D eigenvalue weighted by Gasteiger charge is 2.10. The average molecular weight is 468 g/mol. The van der Waals surface area contributed by atoms with E-state index in [0.29, 0.717) is 21.6 Å². The van der Waals surface area contributed by atoms with Crippen LogP contribution < -0.4 is 10.6 Å². The molecule has 0 aliphatic carbocycles. The molecule has 0 fully saturated rings. The first kappa shape index (κ1) is 21.2. The van der Waals surface area contributed by atoms with Crippen LogP contribution in [0.4, 0.5) is 5.69 Å². The number of hydrogen-bond donors (Lipinski definition) is 3. The van der Waals surface area contributed by atoms with Crippen LogP contribution in [0, 0.1) is 0 Å². The van der Waals surface area contributed by atoms with Crippen molar-refractivity contribution in [3.8, 4) is 17.1 Å². The third-order valence-corrected chi connectivity index (χ3v) is 4.63. The van der Waals surface area contributed by atoms with E-state index >= 15 is 0 Å². The monoisotopic (exact) mass is 466 g/mol. The van der Waals surface area contributed by atoms with Crippen LogP contribution in [0.5, 0.6) is 5.75 Å². The quantitative estimate of drug-likeness (QED) is 0.244. The van der Waals surface area contributed by atoms with E-state index in [9.17, 15) is 9.90 Å². The molecule has 1 amide bonds. The summed E-state index contributed by atoms with van der Waals surface area (Å²) in [5.41, 5.74) is 1.04. The number of carbonyl (C=O) groups excluding carboxylic acids is 1. The van der Waals surface area contributed by atoms with Crippen molar-refractivity contribution in [3.63, 3.8) is 0 Å². The lowest BCUT2D eigenvalue weighted by Gasteiger charge is -2.11. The van der Waals surface area contributed by atoms with E-state index < -0.39 is 5.91 Å². The maximum absolute atomic E-state index is 12.1. The number of anilines is 1. The minimum absolute atomic E-state index is 0.0328. The van der Waals surface area contributed by atoms with Crippen molar-refractivity contribution >= 4 is 69.8 Å². The van der Waals surface area contributed by atoms with Gasteiger partial charge < -0.3 is 14.8 Å². The third-order valence-electron chi connectivity index (χ3n) is 3.67. The third kappa shape index (κ3) is 5.74. The number of aromatic hydroxyl groups is 1. The van der Waals surface area contributed by atoms with Gasteiger partial charge in [-0.1, -0.05) is 34.8 Å². The van der Waals surface area contributed by atoms with E-state index in [0.717, 1.165) is 5.56 Å². The molecule has 0 aliphatic heterocycles. The molecule has 0 aliphatic rings. The van der Waals surface area contributed by atoms with Crippen molar-refractivity contribution in [2.24, 2.45) is 0 Å². The molecule has 3 rings (SSSR count). The van der Waals surface area contributed by atoms with Crippen molar-refractivity contribution < 1.29 is 14.3 Å². The number of hydrogen-bond acceptors (Lipinski definition) is 4. The van der Waals surface area contributed by atoms with Gasteiger partial charge in [0.25, 0.3) is 0 Å². The maximum Gasteiger partial charge on any atom is 0.250 e. The first-order valence-corrected chi connectivity index (χ1v) is 9.70. The van der Waals surface area contributed by atoms with Gasteiger partial charge in [0, 0.05) is 21.7 Å². The zero-order valence-corrected chi connectivity index (χ0v) is 17.7. The Balaban J connectivity index is 1.60. The molecule has 0 bridgehead atoms. The highest BCUT2D eigenvalue weighted by atomic mass is 35.5. The number of phenols is 1. The van der Waals surface area contributed by atoms with Gasteiger partial charge in [-0.25, -0.2) is 0 Å². The van der Waals surface area contributed by atoms with Crippen LogP contribution in [-0.4, -0.2) is 16.1 Å². The molecule has 29 heavy (non-hydrogen) atoms. The van der Waals surface area contributed by atoms with Crippen molar-refractivity contribution in [2.75, 3.05) is 5.32 Å². The van der Waals surface area contributed by atoms with Crippen LogP contribution in [-0.2, 0) is 4.79 Å². The number of nitrogens with one attached hydrogen (secondary N) is 2. The zero-order chi connectivity index (χ0) is 21.0. The highest BCUT2D eigenvalue weighted by molar-refractivity contribution is 7.80. The molecular formula is C20H13Cl3N2O3S. The molecule has 148 valence electrons. The molecule has 3 aromatic rings. The zero-order valence-electron chi connectivity index (χ0n) is 14.6. The lowest BCUT2D eigenvalue weighted by atomic mass is 10.2. The van der Waals surface area contributed by atoms with Gasteiger partial charge >= 0.3 is 0 Å². The van der Waals surface area contributed by atoms with Crippen LogP contribution in [0.1, 0.15) is 5.76 Å². The molecule has 0 saturated carbocycles. The van der Waals surface area contributed by atoms with Crippen LogP contribution in [0.3, 0.4) is 0 Å². The molecular weight excluding hydrogens is 455 g/mol. The first-order chi connectivity index (χ1) is 13.8. The van der Waals surface area contributed by atoms with E-state index in [1.54, 1.807) is 24.3 Å². The van der Waals surface area contributed by atoms with Crippen LogP contribution in [0.2, 0.25) is 15.1 Å². The largest absolute Gasteiger partial charge is 0.504 e. The summed E-state index contributed by atoms with van der Waals surface area (Å²) in [6, 6.07) is 13.5. The fourth-order valence-electron chi connectivity index (χ4n) is 2.34. The Labute approximate surface area is 186 Å². The SMILES string of the molecule is O=C(C=Cc1ccc(-c2ccc(Cl)cc2)o1)NC(=S)Nc1cc(Cl)cc(Cl)c1O. The summed E-state index contributed by atoms with van der Waals surface area (Å²) in [7, 11) is 0. The standard InChI is InChI=1S/C20H13Cl3N2O3S/c21-12-3-1-11(2-4-12)17-7-5-14(28-17)6-8-18(26)25-20(29)24-16-10-13(22)9-15(23)19(16)27/h1-10,27H,(H2,24,25,26,29). The van der Waals surface area contributed by atoms with E-state index in [1.807, 2.05) is 12.1 Å². The molecule has 1 heterocycles. The molecule has 0 atom stereocenters. The van der Waals surface area contributed by atoms with Gasteiger partial charge in [-0.15, -0.1) is 0 Å². The Morgan fingerprint density at radius 1 is 1.03 bits per heavy atom. The Bertz CT molecular complexity index is 1090. The summed E-state index contributed by atoms with van der Waals surface area (Å²) < 4.78 is 5.68. The van der Waals surface area contributed by atoms with Gasteiger partial charge in [-0.05, 0) is 66.8 Å². The molecule has 5 nitrogen and oxygen atoms in total. The Morgan fingerprint density at radius 2 is 1.76 bits per heavy atom. The fraction of sp³-hybridized carbons (Fsp3) is 0. The summed E-state index contributed by atoms with van der Waals surface area (Å²) in [4.78, 5) is 12.1. The van der Waals surface area contributed by atoms with E-state index in [-0.39, 0.29) is 21.6 Å². The number of thiocarbonyl (C=S) groups is 1. The Morgan fingerprint density at radius 3 is 2.48 bits per heavy atom. The Kier molecular flexibility index (Phi) is 6.82. The van der Waals surface area contributed by atoms with Crippen molar-refractivity contribution in [2.45, 2.75) is 0 Å². The lowest BCUT2D eigenvalue weighted by Crippen LogP contribution is -2.32. The summed E-state index contributed by atoms with van der Waals surface area (Å²) in [5, 5.41) is 16.0. The minimum atomic E-state index is -0.487. The highest BCUT2D eigenvalue weighted by Crippen LogP contribution is 2.34. The van der Waals surface area contributed by atoms with E-state index in [1.165, 1.54) is 24.3 Å². The number of phenolic OH excluding ortho intramolecular Hbond substituents is 1. The van der Waals surface area contributed by atoms with Gasteiger partial charge in [0.15, 0.2) is 10.9 Å². The summed E-state index contributed by atoms with van der Waals surface area (Å²) >= 11 is 22.7. The molecule has 3 N–H and O–H groups in total. The van der Waals surface area contributed by atoms with Crippen LogP contribution in [0.25, 0.3) is 17.4 Å². The van der Waals surface area contributed by atoms with E-state index in [4.69, 9.17) is 51.4 Å². The number of halogens is 3. The first-order valence-electron chi connectivity index (χ1n) is 8.15. The molecule has 1 aromatic heterocycles. The second-order valence-electron chi connectivity index (χ2n) is 5.77. The fourth-order valence-corrected chi connectivity index (χ4v) is 3.17. The summed E-state index contributed by atoms with van der Waals surface area (Å²) in [6.07, 6.45) is 2.77. The number of rotatable bonds is 4. The average Bonchev–Trinajstić information content (AvgIpc) is 3.13. The molecule has 0 radical (unpaired) electrons. The topological polar surface area (TPSA) is 74.5 Å².